The van der Waals surface area contributed by atoms with Crippen LogP contribution in [-0.4, -0.2) is 18.2 Å². The Morgan fingerprint density at radius 2 is 2.10 bits per heavy atom. The van der Waals surface area contributed by atoms with Crippen molar-refractivity contribution in [2.75, 3.05) is 7.11 Å². The molecule has 1 aliphatic carbocycles. The van der Waals surface area contributed by atoms with Crippen molar-refractivity contribution in [1.29, 1.82) is 0 Å². The summed E-state index contributed by atoms with van der Waals surface area (Å²) in [7, 11) is 1.42. The number of carboxylic acids is 1. The molecule has 1 fully saturated rings. The molecular formula is C17H23FO3. The van der Waals surface area contributed by atoms with Gasteiger partial charge in [-0.2, -0.15) is 0 Å². The Morgan fingerprint density at radius 3 is 2.62 bits per heavy atom. The zero-order valence-electron chi connectivity index (χ0n) is 12.7. The van der Waals surface area contributed by atoms with Gasteiger partial charge in [-0.05, 0) is 49.7 Å². The van der Waals surface area contributed by atoms with Gasteiger partial charge in [0.25, 0.3) is 0 Å². The molecule has 0 bridgehead atoms. The van der Waals surface area contributed by atoms with Crippen LogP contribution in [0.25, 0.3) is 0 Å². The van der Waals surface area contributed by atoms with Gasteiger partial charge < -0.3 is 9.84 Å². The van der Waals surface area contributed by atoms with E-state index in [4.69, 9.17) is 4.74 Å². The number of halogens is 1. The lowest BCUT2D eigenvalue weighted by Gasteiger charge is -2.36. The van der Waals surface area contributed by atoms with Crippen molar-refractivity contribution >= 4 is 5.97 Å². The Labute approximate surface area is 125 Å². The minimum Gasteiger partial charge on any atom is -0.494 e. The number of carboxylic acid groups (broad SMARTS) is 1. The summed E-state index contributed by atoms with van der Waals surface area (Å²) in [6.07, 6.45) is 4.39. The summed E-state index contributed by atoms with van der Waals surface area (Å²) < 4.78 is 19.3. The highest BCUT2D eigenvalue weighted by molar-refractivity contribution is 5.75. The third-order valence-electron chi connectivity index (χ3n) is 4.89. The number of ether oxygens (including phenoxy) is 1. The second-order valence-electron chi connectivity index (χ2n) is 6.05. The molecule has 1 saturated carbocycles. The molecule has 0 saturated heterocycles. The Kier molecular flexibility index (Phi) is 4.86. The molecule has 0 aromatic heterocycles. The fourth-order valence-corrected chi connectivity index (χ4v) is 3.32. The number of hydrogen-bond acceptors (Lipinski definition) is 2. The van der Waals surface area contributed by atoms with Gasteiger partial charge in [0.05, 0.1) is 12.5 Å². The SMILES string of the molecule is CCC1CCC(Cc2cccc(OC)c2F)(C(=O)O)CC1. The highest BCUT2D eigenvalue weighted by Crippen LogP contribution is 2.43. The maximum Gasteiger partial charge on any atom is 0.309 e. The average Bonchev–Trinajstić information content (AvgIpc) is 2.50. The van der Waals surface area contributed by atoms with Crippen molar-refractivity contribution in [3.05, 3.63) is 29.6 Å². The predicted molar refractivity (Wildman–Crippen MR) is 79.0 cm³/mol. The third-order valence-corrected chi connectivity index (χ3v) is 4.89. The summed E-state index contributed by atoms with van der Waals surface area (Å²) in [5.74, 6) is -0.458. The summed E-state index contributed by atoms with van der Waals surface area (Å²) in [5.41, 5.74) is -0.398. The van der Waals surface area contributed by atoms with Gasteiger partial charge in [-0.3, -0.25) is 4.79 Å². The summed E-state index contributed by atoms with van der Waals surface area (Å²) in [6.45, 7) is 2.14. The van der Waals surface area contributed by atoms with Crippen LogP contribution in [0.15, 0.2) is 18.2 Å². The minimum atomic E-state index is -0.834. The second kappa shape index (κ2) is 6.46. The zero-order valence-corrected chi connectivity index (χ0v) is 12.7. The van der Waals surface area contributed by atoms with Gasteiger partial charge in [0.15, 0.2) is 11.6 Å². The van der Waals surface area contributed by atoms with E-state index < -0.39 is 17.2 Å². The summed E-state index contributed by atoms with van der Waals surface area (Å²) >= 11 is 0. The zero-order chi connectivity index (χ0) is 15.5. The van der Waals surface area contributed by atoms with Gasteiger partial charge in [-0.25, -0.2) is 4.39 Å². The molecule has 0 amide bonds. The summed E-state index contributed by atoms with van der Waals surface area (Å²) in [5, 5.41) is 9.67. The highest BCUT2D eigenvalue weighted by Gasteiger charge is 2.42. The number of carbonyl (C=O) groups is 1. The van der Waals surface area contributed by atoms with Crippen LogP contribution in [0.4, 0.5) is 4.39 Å². The molecule has 0 aliphatic heterocycles. The Balaban J connectivity index is 2.24. The largest absolute Gasteiger partial charge is 0.494 e. The van der Waals surface area contributed by atoms with E-state index in [0.29, 0.717) is 24.3 Å². The van der Waals surface area contributed by atoms with Crippen LogP contribution in [0.5, 0.6) is 5.75 Å². The highest BCUT2D eigenvalue weighted by atomic mass is 19.1. The van der Waals surface area contributed by atoms with Crippen molar-refractivity contribution in [3.8, 4) is 5.75 Å². The Hall–Kier alpha value is -1.58. The van der Waals surface area contributed by atoms with E-state index in [2.05, 4.69) is 6.92 Å². The first kappa shape index (κ1) is 15.8. The van der Waals surface area contributed by atoms with Crippen LogP contribution >= 0.6 is 0 Å². The molecule has 0 heterocycles. The number of benzene rings is 1. The lowest BCUT2D eigenvalue weighted by atomic mass is 9.67. The molecule has 0 spiro atoms. The molecule has 1 aliphatic rings. The third kappa shape index (κ3) is 3.20. The molecule has 3 nitrogen and oxygen atoms in total. The first-order chi connectivity index (χ1) is 10.0. The molecule has 21 heavy (non-hydrogen) atoms. The van der Waals surface area contributed by atoms with Crippen molar-refractivity contribution < 1.29 is 19.0 Å². The summed E-state index contributed by atoms with van der Waals surface area (Å²) in [6, 6.07) is 4.93. The number of aliphatic carboxylic acids is 1. The number of hydrogen-bond donors (Lipinski definition) is 1. The van der Waals surface area contributed by atoms with Gasteiger partial charge in [-0.15, -0.1) is 0 Å². The maximum absolute atomic E-state index is 14.3. The first-order valence-corrected chi connectivity index (χ1v) is 7.57. The summed E-state index contributed by atoms with van der Waals surface area (Å²) in [4.78, 5) is 11.8. The fourth-order valence-electron chi connectivity index (χ4n) is 3.32. The van der Waals surface area contributed by atoms with Crippen LogP contribution < -0.4 is 4.74 Å². The molecule has 1 aromatic rings. The van der Waals surface area contributed by atoms with Gasteiger partial charge in [0.2, 0.25) is 0 Å². The maximum atomic E-state index is 14.3. The molecule has 116 valence electrons. The van der Waals surface area contributed by atoms with E-state index in [9.17, 15) is 14.3 Å². The lowest BCUT2D eigenvalue weighted by molar-refractivity contribution is -0.151. The molecule has 2 rings (SSSR count). The molecule has 1 aromatic carbocycles. The van der Waals surface area contributed by atoms with Gasteiger partial charge in [0.1, 0.15) is 0 Å². The van der Waals surface area contributed by atoms with Crippen LogP contribution in [-0.2, 0) is 11.2 Å². The van der Waals surface area contributed by atoms with E-state index in [0.717, 1.165) is 19.3 Å². The van der Waals surface area contributed by atoms with Crippen molar-refractivity contribution in [1.82, 2.24) is 0 Å². The van der Waals surface area contributed by atoms with E-state index in [1.165, 1.54) is 7.11 Å². The number of methoxy groups -OCH3 is 1. The second-order valence-corrected chi connectivity index (χ2v) is 6.05. The molecule has 0 radical (unpaired) electrons. The van der Waals surface area contributed by atoms with Crippen LogP contribution in [0.3, 0.4) is 0 Å². The monoisotopic (exact) mass is 294 g/mol. The number of rotatable bonds is 5. The van der Waals surface area contributed by atoms with E-state index in [1.54, 1.807) is 18.2 Å². The topological polar surface area (TPSA) is 46.5 Å². The van der Waals surface area contributed by atoms with E-state index >= 15 is 0 Å². The van der Waals surface area contributed by atoms with E-state index in [1.807, 2.05) is 0 Å². The molecule has 1 N–H and O–H groups in total. The minimum absolute atomic E-state index is 0.176. The van der Waals surface area contributed by atoms with Crippen molar-refractivity contribution in [3.63, 3.8) is 0 Å². The van der Waals surface area contributed by atoms with Gasteiger partial charge in [0, 0.05) is 0 Å². The molecule has 4 heteroatoms. The Bertz CT molecular complexity index is 505. The average molecular weight is 294 g/mol. The lowest BCUT2D eigenvalue weighted by Crippen LogP contribution is -2.37. The molecular weight excluding hydrogens is 271 g/mol. The van der Waals surface area contributed by atoms with E-state index in [-0.39, 0.29) is 12.2 Å². The van der Waals surface area contributed by atoms with Crippen LogP contribution in [0.2, 0.25) is 0 Å². The Morgan fingerprint density at radius 1 is 1.43 bits per heavy atom. The normalized spacial score (nSPS) is 25.6. The van der Waals surface area contributed by atoms with Crippen molar-refractivity contribution in [2.24, 2.45) is 11.3 Å². The molecule has 0 atom stereocenters. The first-order valence-electron chi connectivity index (χ1n) is 7.57. The van der Waals surface area contributed by atoms with Gasteiger partial charge in [-0.1, -0.05) is 25.5 Å². The smallest absolute Gasteiger partial charge is 0.309 e. The standard InChI is InChI=1S/C17H23FO3/c1-3-12-7-9-17(10-8-12,16(19)20)11-13-5-4-6-14(21-2)15(13)18/h4-6,12H,3,7-11H2,1-2H3,(H,19,20). The van der Waals surface area contributed by atoms with Gasteiger partial charge >= 0.3 is 5.97 Å². The fraction of sp³-hybridized carbons (Fsp3) is 0.588. The quantitative estimate of drug-likeness (QED) is 0.891. The predicted octanol–water partition coefficient (Wildman–Crippen LogP) is 4.05. The van der Waals surface area contributed by atoms with Crippen LogP contribution in [0, 0.1) is 17.2 Å². The van der Waals surface area contributed by atoms with Crippen LogP contribution in [0.1, 0.15) is 44.6 Å². The van der Waals surface area contributed by atoms with Crippen molar-refractivity contribution in [2.45, 2.75) is 45.4 Å². The molecule has 0 unspecified atom stereocenters.